The first kappa shape index (κ1) is 12.8. The van der Waals surface area contributed by atoms with Gasteiger partial charge in [-0.1, -0.05) is 0 Å². The number of hydrogen-bond donors (Lipinski definition) is 1. The van der Waals surface area contributed by atoms with Gasteiger partial charge in [0.05, 0.1) is 11.4 Å². The Labute approximate surface area is 114 Å². The summed E-state index contributed by atoms with van der Waals surface area (Å²) in [4.78, 5) is 0.0943. The van der Waals surface area contributed by atoms with E-state index in [0.717, 1.165) is 0 Å². The van der Waals surface area contributed by atoms with E-state index in [9.17, 15) is 8.42 Å². The second-order valence-electron chi connectivity index (χ2n) is 4.06. The van der Waals surface area contributed by atoms with Crippen LogP contribution < -0.4 is 14.2 Å². The van der Waals surface area contributed by atoms with Crippen molar-refractivity contribution in [3.05, 3.63) is 24.0 Å². The predicted molar refractivity (Wildman–Crippen MR) is 65.4 cm³/mol. The van der Waals surface area contributed by atoms with Crippen molar-refractivity contribution in [3.63, 3.8) is 0 Å². The van der Waals surface area contributed by atoms with Gasteiger partial charge in [0.15, 0.2) is 17.3 Å². The minimum absolute atomic E-state index is 0.000273. The van der Waals surface area contributed by atoms with Crippen LogP contribution in [0.3, 0.4) is 0 Å². The van der Waals surface area contributed by atoms with Crippen LogP contribution in [0.1, 0.15) is 5.82 Å². The number of tetrazole rings is 1. The standard InChI is InChI=1S/C10H11N5O4S/c1-15-10(12-13-14-15)5-11-20(16,17)7-2-3-8-9(4-7)19-6-18-8/h2-4,11H,5-6H2,1H3. The van der Waals surface area contributed by atoms with Crippen molar-refractivity contribution in [1.29, 1.82) is 0 Å². The van der Waals surface area contributed by atoms with E-state index in [0.29, 0.717) is 17.3 Å². The van der Waals surface area contributed by atoms with Crippen molar-refractivity contribution in [2.45, 2.75) is 11.4 Å². The summed E-state index contributed by atoms with van der Waals surface area (Å²) in [6.07, 6.45) is 0. The second-order valence-corrected chi connectivity index (χ2v) is 5.83. The summed E-state index contributed by atoms with van der Waals surface area (Å²) in [6.45, 7) is 0.0944. The molecular formula is C10H11N5O4S. The summed E-state index contributed by atoms with van der Waals surface area (Å²) in [5, 5.41) is 10.8. The summed E-state index contributed by atoms with van der Waals surface area (Å²) in [6, 6.07) is 4.42. The van der Waals surface area contributed by atoms with E-state index in [1.807, 2.05) is 0 Å². The number of fused-ring (bicyclic) bond motifs is 1. The molecule has 1 N–H and O–H groups in total. The maximum absolute atomic E-state index is 12.2. The van der Waals surface area contributed by atoms with E-state index in [4.69, 9.17) is 9.47 Å². The first-order valence-corrected chi connectivity index (χ1v) is 7.15. The summed E-state index contributed by atoms with van der Waals surface area (Å²) in [5.74, 6) is 1.35. The number of aromatic nitrogens is 4. The largest absolute Gasteiger partial charge is 0.454 e. The van der Waals surface area contributed by atoms with Crippen LogP contribution in [0.2, 0.25) is 0 Å². The Morgan fingerprint density at radius 3 is 2.90 bits per heavy atom. The van der Waals surface area contributed by atoms with Gasteiger partial charge in [0, 0.05) is 13.1 Å². The van der Waals surface area contributed by atoms with Gasteiger partial charge in [-0.05, 0) is 22.6 Å². The lowest BCUT2D eigenvalue weighted by atomic mass is 10.3. The zero-order chi connectivity index (χ0) is 14.2. The zero-order valence-corrected chi connectivity index (χ0v) is 11.3. The van der Waals surface area contributed by atoms with Crippen LogP contribution in [0.15, 0.2) is 23.1 Å². The van der Waals surface area contributed by atoms with Gasteiger partial charge < -0.3 is 9.47 Å². The molecule has 0 atom stereocenters. The Balaban J connectivity index is 1.80. The van der Waals surface area contributed by atoms with Crippen molar-refractivity contribution in [3.8, 4) is 11.5 Å². The molecule has 0 bridgehead atoms. The lowest BCUT2D eigenvalue weighted by molar-refractivity contribution is 0.174. The molecule has 2 aromatic rings. The highest BCUT2D eigenvalue weighted by Gasteiger charge is 2.20. The summed E-state index contributed by atoms with van der Waals surface area (Å²) in [7, 11) is -2.04. The van der Waals surface area contributed by atoms with Gasteiger partial charge in [0.2, 0.25) is 16.8 Å². The van der Waals surface area contributed by atoms with Crippen molar-refractivity contribution in [1.82, 2.24) is 24.9 Å². The molecule has 106 valence electrons. The fourth-order valence-corrected chi connectivity index (χ4v) is 2.68. The average Bonchev–Trinajstić information content (AvgIpc) is 3.04. The highest BCUT2D eigenvalue weighted by Crippen LogP contribution is 2.33. The quantitative estimate of drug-likeness (QED) is 0.804. The molecule has 20 heavy (non-hydrogen) atoms. The molecule has 0 unspecified atom stereocenters. The molecule has 1 aliphatic rings. The van der Waals surface area contributed by atoms with Crippen molar-refractivity contribution in [2.24, 2.45) is 7.05 Å². The monoisotopic (exact) mass is 297 g/mol. The van der Waals surface area contributed by atoms with Crippen LogP contribution in [-0.2, 0) is 23.6 Å². The van der Waals surface area contributed by atoms with Gasteiger partial charge in [0.25, 0.3) is 0 Å². The van der Waals surface area contributed by atoms with Gasteiger partial charge >= 0.3 is 0 Å². The molecule has 0 saturated heterocycles. The van der Waals surface area contributed by atoms with Crippen LogP contribution in [0.25, 0.3) is 0 Å². The Hall–Kier alpha value is -2.20. The van der Waals surface area contributed by atoms with Gasteiger partial charge in [0.1, 0.15) is 0 Å². The van der Waals surface area contributed by atoms with Crippen LogP contribution in [-0.4, -0.2) is 35.4 Å². The van der Waals surface area contributed by atoms with E-state index in [1.165, 1.54) is 16.8 Å². The predicted octanol–water partition coefficient (Wildman–Crippen LogP) is -0.583. The molecule has 0 radical (unpaired) electrons. The maximum atomic E-state index is 12.2. The second kappa shape index (κ2) is 4.72. The molecule has 10 heteroatoms. The Bertz CT molecular complexity index is 742. The fourth-order valence-electron chi connectivity index (χ4n) is 1.68. The third-order valence-electron chi connectivity index (χ3n) is 2.78. The molecular weight excluding hydrogens is 286 g/mol. The van der Waals surface area contributed by atoms with E-state index >= 15 is 0 Å². The molecule has 0 amide bonds. The van der Waals surface area contributed by atoms with E-state index in [2.05, 4.69) is 20.2 Å². The molecule has 0 aliphatic carbocycles. The zero-order valence-electron chi connectivity index (χ0n) is 10.5. The highest BCUT2D eigenvalue weighted by atomic mass is 32.2. The van der Waals surface area contributed by atoms with E-state index in [-0.39, 0.29) is 18.2 Å². The molecule has 1 aromatic carbocycles. The Morgan fingerprint density at radius 1 is 1.35 bits per heavy atom. The number of aryl methyl sites for hydroxylation is 1. The maximum Gasteiger partial charge on any atom is 0.241 e. The number of nitrogens with zero attached hydrogens (tertiary/aromatic N) is 4. The Kier molecular flexibility index (Phi) is 3.03. The van der Waals surface area contributed by atoms with Crippen molar-refractivity contribution < 1.29 is 17.9 Å². The van der Waals surface area contributed by atoms with Crippen LogP contribution in [0.4, 0.5) is 0 Å². The Morgan fingerprint density at radius 2 is 2.15 bits per heavy atom. The highest BCUT2D eigenvalue weighted by molar-refractivity contribution is 7.89. The topological polar surface area (TPSA) is 108 Å². The fraction of sp³-hybridized carbons (Fsp3) is 0.300. The number of nitrogens with one attached hydrogen (secondary N) is 1. The molecule has 1 aliphatic heterocycles. The van der Waals surface area contributed by atoms with E-state index in [1.54, 1.807) is 13.1 Å². The first-order valence-electron chi connectivity index (χ1n) is 5.67. The normalized spacial score (nSPS) is 13.7. The van der Waals surface area contributed by atoms with Gasteiger partial charge in [-0.3, -0.25) is 0 Å². The number of ether oxygens (including phenoxy) is 2. The lowest BCUT2D eigenvalue weighted by Gasteiger charge is -2.06. The van der Waals surface area contributed by atoms with Crippen molar-refractivity contribution >= 4 is 10.0 Å². The molecule has 3 rings (SSSR count). The minimum Gasteiger partial charge on any atom is -0.454 e. The molecule has 0 saturated carbocycles. The van der Waals surface area contributed by atoms with Crippen LogP contribution >= 0.6 is 0 Å². The molecule has 0 spiro atoms. The summed E-state index contributed by atoms with van der Waals surface area (Å²) >= 11 is 0. The summed E-state index contributed by atoms with van der Waals surface area (Å²) < 4.78 is 38.4. The molecule has 2 heterocycles. The third-order valence-corrected chi connectivity index (χ3v) is 4.18. The third kappa shape index (κ3) is 2.30. The van der Waals surface area contributed by atoms with E-state index < -0.39 is 10.0 Å². The number of rotatable bonds is 4. The smallest absolute Gasteiger partial charge is 0.241 e. The molecule has 1 aromatic heterocycles. The van der Waals surface area contributed by atoms with Gasteiger partial charge in [-0.2, -0.15) is 0 Å². The molecule has 9 nitrogen and oxygen atoms in total. The van der Waals surface area contributed by atoms with Gasteiger partial charge in [-0.25, -0.2) is 17.8 Å². The number of hydrogen-bond acceptors (Lipinski definition) is 7. The molecule has 0 fully saturated rings. The van der Waals surface area contributed by atoms with Crippen LogP contribution in [0.5, 0.6) is 11.5 Å². The summed E-state index contributed by atoms with van der Waals surface area (Å²) in [5.41, 5.74) is 0. The van der Waals surface area contributed by atoms with Crippen LogP contribution in [0, 0.1) is 0 Å². The first-order chi connectivity index (χ1) is 9.56. The number of benzene rings is 1. The SMILES string of the molecule is Cn1nnnc1CNS(=O)(=O)c1ccc2c(c1)OCO2. The average molecular weight is 297 g/mol. The van der Waals surface area contributed by atoms with Crippen molar-refractivity contribution in [2.75, 3.05) is 6.79 Å². The van der Waals surface area contributed by atoms with Gasteiger partial charge in [-0.15, -0.1) is 5.10 Å². The minimum atomic E-state index is -3.67. The number of sulfonamides is 1. The lowest BCUT2D eigenvalue weighted by Crippen LogP contribution is -2.24.